The maximum absolute atomic E-state index is 10.9. The number of nitro groups is 1. The summed E-state index contributed by atoms with van der Waals surface area (Å²) in [5.74, 6) is -0.735. The predicted octanol–water partition coefficient (Wildman–Crippen LogP) is 0.640. The summed E-state index contributed by atoms with van der Waals surface area (Å²) in [6.45, 7) is 3.41. The third-order valence-electron chi connectivity index (χ3n) is 2.35. The van der Waals surface area contributed by atoms with Crippen LogP contribution < -0.4 is 15.8 Å². The first kappa shape index (κ1) is 15.7. The molecule has 110 valence electrons. The maximum atomic E-state index is 10.9. The molecule has 0 aliphatic heterocycles. The van der Waals surface area contributed by atoms with Crippen LogP contribution in [0.1, 0.15) is 13.8 Å². The van der Waals surface area contributed by atoms with E-state index < -0.39 is 16.9 Å². The summed E-state index contributed by atoms with van der Waals surface area (Å²) in [7, 11) is 0. The van der Waals surface area contributed by atoms with Crippen molar-refractivity contribution >= 4 is 17.3 Å². The number of nitrogens with one attached hydrogen (secondary N) is 1. The number of primary amides is 1. The molecule has 0 aliphatic carbocycles. The normalized spacial score (nSPS) is 12.0. The van der Waals surface area contributed by atoms with Gasteiger partial charge in [0.05, 0.1) is 11.0 Å². The molecule has 0 fully saturated rings. The second-order valence-corrected chi connectivity index (χ2v) is 4.41. The van der Waals surface area contributed by atoms with Crippen LogP contribution in [-0.4, -0.2) is 34.7 Å². The topological polar surface area (TPSA) is 128 Å². The van der Waals surface area contributed by atoms with Crippen molar-refractivity contribution in [1.82, 2.24) is 0 Å². The molecule has 1 atom stereocenters. The van der Waals surface area contributed by atoms with Gasteiger partial charge in [-0.2, -0.15) is 0 Å². The molecule has 0 heterocycles. The van der Waals surface area contributed by atoms with Crippen LogP contribution in [0.15, 0.2) is 18.2 Å². The summed E-state index contributed by atoms with van der Waals surface area (Å²) in [5.41, 5.74) is 5.24. The van der Waals surface area contributed by atoms with Gasteiger partial charge in [-0.3, -0.25) is 14.9 Å². The molecule has 1 aromatic carbocycles. The van der Waals surface area contributed by atoms with Gasteiger partial charge in [0, 0.05) is 24.4 Å². The first-order chi connectivity index (χ1) is 9.31. The number of nitrogens with zero attached hydrogens (tertiary/aromatic N) is 1. The highest BCUT2D eigenvalue weighted by atomic mass is 16.6. The van der Waals surface area contributed by atoms with Crippen molar-refractivity contribution in [3.05, 3.63) is 28.3 Å². The highest BCUT2D eigenvalue weighted by Gasteiger charge is 2.17. The smallest absolute Gasteiger partial charge is 0.311 e. The van der Waals surface area contributed by atoms with Crippen LogP contribution in [0, 0.1) is 10.1 Å². The molecular formula is C12H17N3O5. The van der Waals surface area contributed by atoms with Gasteiger partial charge in [-0.1, -0.05) is 0 Å². The third-order valence-corrected chi connectivity index (χ3v) is 2.35. The summed E-state index contributed by atoms with van der Waals surface area (Å²) < 4.78 is 5.37. The van der Waals surface area contributed by atoms with E-state index in [-0.39, 0.29) is 24.1 Å². The Morgan fingerprint density at radius 1 is 1.55 bits per heavy atom. The molecule has 1 aromatic rings. The molecule has 8 heteroatoms. The molecule has 1 amide bonds. The number of hydrogen-bond donors (Lipinski definition) is 3. The predicted molar refractivity (Wildman–Crippen MR) is 72.6 cm³/mol. The van der Waals surface area contributed by atoms with Gasteiger partial charge in [0.1, 0.15) is 6.10 Å². The summed E-state index contributed by atoms with van der Waals surface area (Å²) in [5, 5.41) is 22.9. The van der Waals surface area contributed by atoms with Gasteiger partial charge in [-0.05, 0) is 19.9 Å². The van der Waals surface area contributed by atoms with Gasteiger partial charge < -0.3 is 20.9 Å². The second-order valence-electron chi connectivity index (χ2n) is 4.41. The highest BCUT2D eigenvalue weighted by molar-refractivity contribution is 5.79. The summed E-state index contributed by atoms with van der Waals surface area (Å²) >= 11 is 0. The van der Waals surface area contributed by atoms with Crippen LogP contribution in [0.5, 0.6) is 5.75 Å². The Kier molecular flexibility index (Phi) is 5.27. The van der Waals surface area contributed by atoms with Crippen molar-refractivity contribution in [2.75, 3.05) is 11.9 Å². The molecule has 20 heavy (non-hydrogen) atoms. The van der Waals surface area contributed by atoms with E-state index in [2.05, 4.69) is 5.32 Å². The van der Waals surface area contributed by atoms with Crippen LogP contribution in [0.4, 0.5) is 11.4 Å². The van der Waals surface area contributed by atoms with Crippen molar-refractivity contribution in [2.24, 2.45) is 5.73 Å². The van der Waals surface area contributed by atoms with Gasteiger partial charge >= 0.3 is 5.69 Å². The number of hydrogen-bond acceptors (Lipinski definition) is 6. The van der Waals surface area contributed by atoms with Crippen molar-refractivity contribution in [2.45, 2.75) is 26.1 Å². The number of ether oxygens (including phenoxy) is 1. The van der Waals surface area contributed by atoms with Gasteiger partial charge in [-0.15, -0.1) is 0 Å². The molecule has 0 saturated heterocycles. The number of carbonyl (C=O) groups excluding carboxylic acids is 1. The zero-order valence-corrected chi connectivity index (χ0v) is 11.2. The van der Waals surface area contributed by atoms with Gasteiger partial charge in [-0.25, -0.2) is 0 Å². The number of amides is 1. The van der Waals surface area contributed by atoms with Crippen molar-refractivity contribution in [3.8, 4) is 5.75 Å². The average Bonchev–Trinajstić information content (AvgIpc) is 2.34. The minimum absolute atomic E-state index is 0.0890. The lowest BCUT2D eigenvalue weighted by molar-refractivity contribution is -0.386. The van der Waals surface area contributed by atoms with Crippen LogP contribution >= 0.6 is 0 Å². The molecule has 0 aliphatic rings. The van der Waals surface area contributed by atoms with E-state index in [4.69, 9.17) is 10.5 Å². The van der Waals surface area contributed by atoms with Crippen LogP contribution in [0.25, 0.3) is 0 Å². The lowest BCUT2D eigenvalue weighted by Gasteiger charge is -2.13. The summed E-state index contributed by atoms with van der Waals surface area (Å²) in [6, 6.07) is 4.18. The Morgan fingerprint density at radius 3 is 2.70 bits per heavy atom. The minimum atomic E-state index is -1.33. The van der Waals surface area contributed by atoms with Gasteiger partial charge in [0.2, 0.25) is 5.91 Å². The van der Waals surface area contributed by atoms with E-state index >= 15 is 0 Å². The molecule has 8 nitrogen and oxygen atoms in total. The van der Waals surface area contributed by atoms with Crippen molar-refractivity contribution < 1.29 is 19.6 Å². The second kappa shape index (κ2) is 6.71. The largest absolute Gasteiger partial charge is 0.484 e. The Labute approximate surface area is 115 Å². The van der Waals surface area contributed by atoms with Gasteiger partial charge in [0.15, 0.2) is 5.75 Å². The molecule has 0 bridgehead atoms. The third kappa shape index (κ3) is 4.39. The number of nitrogens with two attached hydrogens (primary N) is 1. The zero-order valence-electron chi connectivity index (χ0n) is 11.2. The molecule has 0 radical (unpaired) electrons. The summed E-state index contributed by atoms with van der Waals surface area (Å²) in [4.78, 5) is 21.0. The minimum Gasteiger partial charge on any atom is -0.484 e. The average molecular weight is 283 g/mol. The van der Waals surface area contributed by atoms with E-state index in [0.29, 0.717) is 5.69 Å². The van der Waals surface area contributed by atoms with Gasteiger partial charge in [0.25, 0.3) is 0 Å². The van der Waals surface area contributed by atoms with Crippen molar-refractivity contribution in [1.29, 1.82) is 0 Å². The molecule has 0 saturated carbocycles. The standard InChI is InChI=1S/C12H17N3O5/c1-7(2)20-11-5-8(3-4-9(11)15(18)19)14-6-10(16)12(13)17/h3-5,7,10,14,16H,6H2,1-2H3,(H2,13,17). The molecule has 1 rings (SSSR count). The number of rotatable bonds is 7. The van der Waals surface area contributed by atoms with Crippen molar-refractivity contribution in [3.63, 3.8) is 0 Å². The van der Waals surface area contributed by atoms with Crippen LogP contribution in [-0.2, 0) is 4.79 Å². The number of benzene rings is 1. The monoisotopic (exact) mass is 283 g/mol. The fourth-order valence-corrected chi connectivity index (χ4v) is 1.44. The lowest BCUT2D eigenvalue weighted by Crippen LogP contribution is -2.34. The number of aliphatic hydroxyl groups is 1. The Bertz CT molecular complexity index is 504. The Hall–Kier alpha value is -2.35. The quantitative estimate of drug-likeness (QED) is 0.497. The Morgan fingerprint density at radius 2 is 2.20 bits per heavy atom. The molecule has 1 unspecified atom stereocenters. The highest BCUT2D eigenvalue weighted by Crippen LogP contribution is 2.30. The van der Waals surface area contributed by atoms with E-state index in [0.717, 1.165) is 0 Å². The number of carbonyl (C=O) groups is 1. The van der Waals surface area contributed by atoms with E-state index in [1.165, 1.54) is 18.2 Å². The first-order valence-corrected chi connectivity index (χ1v) is 5.97. The number of anilines is 1. The van der Waals surface area contributed by atoms with E-state index in [1.54, 1.807) is 13.8 Å². The molecule has 4 N–H and O–H groups in total. The summed E-state index contributed by atoms with van der Waals surface area (Å²) in [6.07, 6.45) is -1.56. The van der Waals surface area contributed by atoms with Crippen LogP contribution in [0.3, 0.4) is 0 Å². The van der Waals surface area contributed by atoms with Crippen LogP contribution in [0.2, 0.25) is 0 Å². The maximum Gasteiger partial charge on any atom is 0.311 e. The lowest BCUT2D eigenvalue weighted by atomic mass is 10.2. The number of aliphatic hydroxyl groups excluding tert-OH is 1. The zero-order chi connectivity index (χ0) is 15.3. The molecule has 0 aromatic heterocycles. The Balaban J connectivity index is 2.89. The van der Waals surface area contributed by atoms with E-state index in [1.807, 2.05) is 0 Å². The fourth-order valence-electron chi connectivity index (χ4n) is 1.44. The SMILES string of the molecule is CC(C)Oc1cc(NCC(O)C(N)=O)ccc1[N+](=O)[O-]. The molecular weight excluding hydrogens is 266 g/mol. The number of nitro benzene ring substituents is 1. The fraction of sp³-hybridized carbons (Fsp3) is 0.417. The first-order valence-electron chi connectivity index (χ1n) is 5.97. The van der Waals surface area contributed by atoms with E-state index in [9.17, 15) is 20.0 Å². The molecule has 0 spiro atoms.